The van der Waals surface area contributed by atoms with Crippen LogP contribution in [0.3, 0.4) is 0 Å². The van der Waals surface area contributed by atoms with Crippen LogP contribution < -0.4 is 10.5 Å². The molecule has 1 aromatic carbocycles. The molecule has 0 heterocycles. The lowest BCUT2D eigenvalue weighted by atomic mass is 10.2. The summed E-state index contributed by atoms with van der Waals surface area (Å²) in [6.45, 7) is 0. The van der Waals surface area contributed by atoms with E-state index in [0.29, 0.717) is 5.69 Å². The summed E-state index contributed by atoms with van der Waals surface area (Å²) in [5, 5.41) is 8.67. The van der Waals surface area contributed by atoms with Crippen molar-refractivity contribution in [3.8, 4) is 5.75 Å². The number of hydrogen-bond donors (Lipinski definition) is 2. The second-order valence-electron chi connectivity index (χ2n) is 2.26. The predicted molar refractivity (Wildman–Crippen MR) is 44.4 cm³/mol. The Labute approximate surface area is 69.6 Å². The Bertz CT molecular complexity index is 309. The van der Waals surface area contributed by atoms with Crippen LogP contribution in [0.4, 0.5) is 5.69 Å². The molecule has 0 saturated heterocycles. The van der Waals surface area contributed by atoms with E-state index in [9.17, 15) is 4.79 Å². The van der Waals surface area contributed by atoms with Gasteiger partial charge in [0.15, 0.2) is 0 Å². The molecule has 0 aromatic heterocycles. The Balaban J connectivity index is 3.20. The topological polar surface area (TPSA) is 72.5 Å². The maximum absolute atomic E-state index is 10.6. The molecule has 3 N–H and O–H groups in total. The van der Waals surface area contributed by atoms with E-state index in [4.69, 9.17) is 15.6 Å². The van der Waals surface area contributed by atoms with Gasteiger partial charge in [-0.3, -0.25) is 0 Å². The zero-order valence-electron chi connectivity index (χ0n) is 6.57. The zero-order chi connectivity index (χ0) is 9.14. The number of hydrogen-bond acceptors (Lipinski definition) is 3. The smallest absolute Gasteiger partial charge is 0.339 e. The van der Waals surface area contributed by atoms with Gasteiger partial charge in [-0.15, -0.1) is 0 Å². The van der Waals surface area contributed by atoms with Crippen molar-refractivity contribution in [3.05, 3.63) is 23.8 Å². The van der Waals surface area contributed by atoms with Gasteiger partial charge in [0.1, 0.15) is 11.3 Å². The van der Waals surface area contributed by atoms with Gasteiger partial charge in [-0.1, -0.05) is 0 Å². The third-order valence-corrected chi connectivity index (χ3v) is 1.46. The van der Waals surface area contributed by atoms with Crippen molar-refractivity contribution in [1.29, 1.82) is 0 Å². The fourth-order valence-electron chi connectivity index (χ4n) is 0.884. The number of carboxylic acid groups (broad SMARTS) is 1. The van der Waals surface area contributed by atoms with E-state index in [2.05, 4.69) is 0 Å². The Hall–Kier alpha value is -1.71. The Morgan fingerprint density at radius 2 is 2.25 bits per heavy atom. The second kappa shape index (κ2) is 3.13. The molecule has 0 aliphatic heterocycles. The first-order valence-electron chi connectivity index (χ1n) is 3.32. The van der Waals surface area contributed by atoms with Crippen LogP contribution in [-0.2, 0) is 0 Å². The van der Waals surface area contributed by atoms with E-state index in [1.165, 1.54) is 25.3 Å². The minimum Gasteiger partial charge on any atom is -0.496 e. The summed E-state index contributed by atoms with van der Waals surface area (Å²) < 4.78 is 4.83. The van der Waals surface area contributed by atoms with Gasteiger partial charge in [0.05, 0.1) is 7.11 Å². The van der Waals surface area contributed by atoms with Gasteiger partial charge in [0, 0.05) is 11.8 Å². The van der Waals surface area contributed by atoms with E-state index < -0.39 is 5.97 Å². The fraction of sp³-hybridized carbons (Fsp3) is 0.125. The molecule has 0 bridgehead atoms. The molecule has 1 aromatic rings. The monoisotopic (exact) mass is 169 g/mol. The fourth-order valence-corrected chi connectivity index (χ4v) is 0.884. The van der Waals surface area contributed by atoms with Crippen LogP contribution in [0.15, 0.2) is 18.2 Å². The quantitative estimate of drug-likeness (QED) is 0.647. The number of nitrogen functional groups attached to an aromatic ring is 1. The normalized spacial score (nSPS) is 9.42. The van der Waals surface area contributed by atoms with Gasteiger partial charge in [-0.25, -0.2) is 4.79 Å². The standard InChI is InChI=1S/C8H9NO3/c1-12-7-4-5(9)2-3-6(7)8(10)11/h2-4H,9H2,1H3,(H,10,11)/i8+2. The lowest BCUT2D eigenvalue weighted by molar-refractivity contribution is 0.0693. The number of carboxylic acids is 1. The molecule has 0 fully saturated rings. The highest BCUT2D eigenvalue weighted by Crippen LogP contribution is 2.20. The summed E-state index contributed by atoms with van der Waals surface area (Å²) in [5.41, 5.74) is 6.03. The molecule has 0 amide bonds. The number of carbonyl (C=O) groups is 1. The molecule has 64 valence electrons. The molecule has 0 aliphatic carbocycles. The van der Waals surface area contributed by atoms with E-state index in [-0.39, 0.29) is 11.3 Å². The molecule has 0 spiro atoms. The average Bonchev–Trinajstić information content (AvgIpc) is 2.03. The number of nitrogens with two attached hydrogens (primary N) is 1. The third kappa shape index (κ3) is 1.47. The van der Waals surface area contributed by atoms with Crippen LogP contribution >= 0.6 is 0 Å². The first-order valence-corrected chi connectivity index (χ1v) is 3.32. The highest BCUT2D eigenvalue weighted by Gasteiger charge is 2.09. The first kappa shape index (κ1) is 8.39. The Morgan fingerprint density at radius 3 is 2.75 bits per heavy atom. The van der Waals surface area contributed by atoms with Gasteiger partial charge < -0.3 is 15.6 Å². The summed E-state index contributed by atoms with van der Waals surface area (Å²) in [4.78, 5) is 10.6. The second-order valence-corrected chi connectivity index (χ2v) is 2.26. The van der Waals surface area contributed by atoms with Gasteiger partial charge in [0.25, 0.3) is 0 Å². The first-order chi connectivity index (χ1) is 5.65. The van der Waals surface area contributed by atoms with Crippen LogP contribution in [-0.4, -0.2) is 18.2 Å². The summed E-state index contributed by atoms with van der Waals surface area (Å²) >= 11 is 0. The van der Waals surface area contributed by atoms with Gasteiger partial charge >= 0.3 is 5.97 Å². The molecular weight excluding hydrogens is 160 g/mol. The van der Waals surface area contributed by atoms with Crippen LogP contribution in [0, 0.1) is 0 Å². The number of ether oxygens (including phenoxy) is 1. The molecule has 0 aliphatic rings. The Morgan fingerprint density at radius 1 is 1.58 bits per heavy atom. The molecule has 12 heavy (non-hydrogen) atoms. The van der Waals surface area contributed by atoms with E-state index in [0.717, 1.165) is 0 Å². The number of anilines is 1. The van der Waals surface area contributed by atoms with Crippen molar-refractivity contribution in [1.82, 2.24) is 0 Å². The number of benzene rings is 1. The number of methoxy groups -OCH3 is 1. The number of aromatic carboxylic acids is 1. The zero-order valence-corrected chi connectivity index (χ0v) is 6.57. The largest absolute Gasteiger partial charge is 0.496 e. The van der Waals surface area contributed by atoms with Crippen LogP contribution in [0.1, 0.15) is 10.4 Å². The van der Waals surface area contributed by atoms with Crippen molar-refractivity contribution in [2.45, 2.75) is 0 Å². The van der Waals surface area contributed by atoms with Crippen LogP contribution in [0.5, 0.6) is 5.75 Å². The van der Waals surface area contributed by atoms with Crippen LogP contribution in [0.2, 0.25) is 0 Å². The van der Waals surface area contributed by atoms with Crippen molar-refractivity contribution < 1.29 is 14.6 Å². The van der Waals surface area contributed by atoms with Gasteiger partial charge in [-0.05, 0) is 12.1 Å². The van der Waals surface area contributed by atoms with E-state index in [1.54, 1.807) is 0 Å². The molecule has 0 radical (unpaired) electrons. The number of rotatable bonds is 2. The Kier molecular flexibility index (Phi) is 2.19. The average molecular weight is 169 g/mol. The molecule has 1 rings (SSSR count). The van der Waals surface area contributed by atoms with Crippen molar-refractivity contribution in [2.75, 3.05) is 12.8 Å². The molecule has 0 saturated carbocycles. The lowest BCUT2D eigenvalue weighted by Crippen LogP contribution is -2.00. The molecule has 0 atom stereocenters. The van der Waals surface area contributed by atoms with Crippen molar-refractivity contribution in [3.63, 3.8) is 0 Å². The van der Waals surface area contributed by atoms with Gasteiger partial charge in [0.2, 0.25) is 0 Å². The third-order valence-electron chi connectivity index (χ3n) is 1.46. The molecule has 4 heteroatoms. The van der Waals surface area contributed by atoms with Crippen molar-refractivity contribution in [2.24, 2.45) is 0 Å². The van der Waals surface area contributed by atoms with Crippen LogP contribution in [0.25, 0.3) is 0 Å². The van der Waals surface area contributed by atoms with E-state index in [1.807, 2.05) is 0 Å². The summed E-state index contributed by atoms with van der Waals surface area (Å²) in [7, 11) is 1.40. The molecule has 0 unspecified atom stereocenters. The SMILES string of the molecule is COc1cc(N)ccc1[14C](=O)O. The predicted octanol–water partition coefficient (Wildman–Crippen LogP) is 0.976. The minimum atomic E-state index is -1.02. The molecule has 4 nitrogen and oxygen atoms in total. The van der Waals surface area contributed by atoms with Gasteiger partial charge in [-0.2, -0.15) is 0 Å². The summed E-state index contributed by atoms with van der Waals surface area (Å²) in [6, 6.07) is 4.41. The summed E-state index contributed by atoms with van der Waals surface area (Å²) in [6.07, 6.45) is 0. The maximum atomic E-state index is 10.6. The molecular formula is C8H9NO3. The highest BCUT2D eigenvalue weighted by atomic mass is 16.6. The summed E-state index contributed by atoms with van der Waals surface area (Å²) in [5.74, 6) is -0.741. The van der Waals surface area contributed by atoms with Crippen molar-refractivity contribution >= 4 is 11.7 Å². The van der Waals surface area contributed by atoms with E-state index >= 15 is 0 Å². The lowest BCUT2D eigenvalue weighted by Gasteiger charge is -2.04. The maximum Gasteiger partial charge on any atom is 0.339 e. The highest BCUT2D eigenvalue weighted by molar-refractivity contribution is 5.91. The minimum absolute atomic E-state index is 0.117.